The fourth-order valence-electron chi connectivity index (χ4n) is 5.37. The molecule has 1 unspecified atom stereocenters. The topological polar surface area (TPSA) is 48.9 Å². The Morgan fingerprint density at radius 2 is 1.85 bits per heavy atom. The van der Waals surface area contributed by atoms with Gasteiger partial charge >= 0.3 is 0 Å². The van der Waals surface area contributed by atoms with Crippen LogP contribution in [0.2, 0.25) is 0 Å². The summed E-state index contributed by atoms with van der Waals surface area (Å²) in [5.41, 5.74) is 0.990. The molecule has 1 atom stereocenters. The molecule has 0 aliphatic carbocycles. The first-order valence-corrected chi connectivity index (χ1v) is 10.6. The van der Waals surface area contributed by atoms with Crippen molar-refractivity contribution in [2.75, 3.05) is 55.7 Å². The van der Waals surface area contributed by atoms with Crippen LogP contribution in [0.1, 0.15) is 38.5 Å². The quantitative estimate of drug-likeness (QED) is 0.817. The smallest absolute Gasteiger partial charge is 0.234 e. The maximum atomic E-state index is 13.0. The zero-order valence-corrected chi connectivity index (χ0v) is 16.1. The molecule has 5 heterocycles. The Balaban J connectivity index is 1.25. The van der Waals surface area contributed by atoms with Crippen molar-refractivity contribution in [1.29, 1.82) is 0 Å². The summed E-state index contributed by atoms with van der Waals surface area (Å²) in [7, 11) is 0. The van der Waals surface area contributed by atoms with Gasteiger partial charge in [-0.25, -0.2) is 4.98 Å². The second-order valence-corrected chi connectivity index (χ2v) is 8.61. The van der Waals surface area contributed by atoms with E-state index in [4.69, 9.17) is 4.74 Å². The number of pyridine rings is 1. The Hall–Kier alpha value is -1.66. The number of likely N-dealkylation sites (tertiary alicyclic amines) is 1. The predicted octanol–water partition coefficient (Wildman–Crippen LogP) is 2.29. The Bertz CT molecular complexity index is 680. The molecule has 1 aromatic heterocycles. The van der Waals surface area contributed by atoms with Crippen molar-refractivity contribution in [2.45, 2.75) is 44.6 Å². The van der Waals surface area contributed by atoms with Crippen LogP contribution in [-0.4, -0.2) is 67.8 Å². The van der Waals surface area contributed by atoms with E-state index in [9.17, 15) is 4.79 Å². The van der Waals surface area contributed by atoms with Gasteiger partial charge in [-0.2, -0.15) is 0 Å². The molecule has 0 N–H and O–H groups in total. The van der Waals surface area contributed by atoms with Crippen LogP contribution < -0.4 is 9.80 Å². The Labute approximate surface area is 161 Å². The summed E-state index contributed by atoms with van der Waals surface area (Å²) < 4.78 is 5.47. The number of rotatable bonds is 3. The van der Waals surface area contributed by atoms with Crippen molar-refractivity contribution in [3.63, 3.8) is 0 Å². The van der Waals surface area contributed by atoms with Gasteiger partial charge in [-0.3, -0.25) is 14.6 Å². The van der Waals surface area contributed by atoms with Gasteiger partial charge in [0.25, 0.3) is 0 Å². The molecule has 4 aliphatic heterocycles. The van der Waals surface area contributed by atoms with Crippen molar-refractivity contribution >= 4 is 17.4 Å². The number of amides is 1. The lowest BCUT2D eigenvalue weighted by Gasteiger charge is -2.31. The molecule has 0 radical (unpaired) electrons. The van der Waals surface area contributed by atoms with Crippen molar-refractivity contribution in [1.82, 2.24) is 9.88 Å². The van der Waals surface area contributed by atoms with E-state index < -0.39 is 0 Å². The van der Waals surface area contributed by atoms with Gasteiger partial charge in [0.05, 0.1) is 17.3 Å². The van der Waals surface area contributed by atoms with Crippen LogP contribution in [0, 0.1) is 5.41 Å². The number of aromatic nitrogens is 1. The summed E-state index contributed by atoms with van der Waals surface area (Å²) in [4.78, 5) is 24.7. The minimum atomic E-state index is -0.198. The van der Waals surface area contributed by atoms with Crippen LogP contribution in [0.5, 0.6) is 0 Å². The first-order valence-electron chi connectivity index (χ1n) is 10.6. The maximum Gasteiger partial charge on any atom is 0.234 e. The highest BCUT2D eigenvalue weighted by atomic mass is 16.5. The standard InChI is InChI=1S/C21H30N4O2/c26-20-21(7-13-27-14-8-21)6-12-25(20)19-4-3-17(15-22-19)24-11-5-18(16-24)23-9-1-2-10-23/h3-4,15,18H,1-2,5-14,16H2. The van der Waals surface area contributed by atoms with Gasteiger partial charge in [-0.05, 0) is 63.7 Å². The lowest BCUT2D eigenvalue weighted by atomic mass is 9.79. The minimum Gasteiger partial charge on any atom is -0.381 e. The molecule has 6 heteroatoms. The number of carbonyl (C=O) groups excluding carboxylic acids is 1. The monoisotopic (exact) mass is 370 g/mol. The molecule has 1 spiro atoms. The van der Waals surface area contributed by atoms with E-state index >= 15 is 0 Å². The van der Waals surface area contributed by atoms with Crippen molar-refractivity contribution in [3.05, 3.63) is 18.3 Å². The van der Waals surface area contributed by atoms with E-state index in [0.717, 1.165) is 44.7 Å². The maximum absolute atomic E-state index is 13.0. The summed E-state index contributed by atoms with van der Waals surface area (Å²) in [6.45, 7) is 6.93. The third kappa shape index (κ3) is 3.13. The average Bonchev–Trinajstić information content (AvgIpc) is 3.45. The molecule has 4 fully saturated rings. The highest BCUT2D eigenvalue weighted by Gasteiger charge is 2.48. The lowest BCUT2D eigenvalue weighted by molar-refractivity contribution is -0.130. The number of carbonyl (C=O) groups is 1. The van der Waals surface area contributed by atoms with Gasteiger partial charge < -0.3 is 9.64 Å². The third-order valence-electron chi connectivity index (χ3n) is 7.16. The molecule has 6 nitrogen and oxygen atoms in total. The fraction of sp³-hybridized carbons (Fsp3) is 0.714. The minimum absolute atomic E-state index is 0.198. The van der Waals surface area contributed by atoms with E-state index in [0.29, 0.717) is 19.3 Å². The highest BCUT2D eigenvalue weighted by Crippen LogP contribution is 2.42. The van der Waals surface area contributed by atoms with Gasteiger partial charge in [-0.1, -0.05) is 0 Å². The van der Waals surface area contributed by atoms with Crippen molar-refractivity contribution in [3.8, 4) is 0 Å². The predicted molar refractivity (Wildman–Crippen MR) is 105 cm³/mol. The molecule has 0 aromatic carbocycles. The summed E-state index contributed by atoms with van der Waals surface area (Å²) in [6, 6.07) is 4.88. The average molecular weight is 370 g/mol. The molecule has 5 rings (SSSR count). The molecule has 146 valence electrons. The number of anilines is 2. The first-order chi connectivity index (χ1) is 13.3. The molecule has 0 saturated carbocycles. The van der Waals surface area contributed by atoms with Gasteiger partial charge in [0, 0.05) is 38.9 Å². The Morgan fingerprint density at radius 3 is 2.59 bits per heavy atom. The third-order valence-corrected chi connectivity index (χ3v) is 7.16. The number of ether oxygens (including phenoxy) is 1. The van der Waals surface area contributed by atoms with Crippen LogP contribution in [0.3, 0.4) is 0 Å². The number of hydrogen-bond donors (Lipinski definition) is 0. The molecular formula is C21H30N4O2. The van der Waals surface area contributed by atoms with E-state index in [-0.39, 0.29) is 11.3 Å². The van der Waals surface area contributed by atoms with Crippen molar-refractivity contribution < 1.29 is 9.53 Å². The van der Waals surface area contributed by atoms with E-state index in [2.05, 4.69) is 20.9 Å². The highest BCUT2D eigenvalue weighted by molar-refractivity contribution is 5.99. The Morgan fingerprint density at radius 1 is 1.04 bits per heavy atom. The zero-order valence-electron chi connectivity index (χ0n) is 16.1. The largest absolute Gasteiger partial charge is 0.381 e. The van der Waals surface area contributed by atoms with Gasteiger partial charge in [0.15, 0.2) is 0 Å². The second kappa shape index (κ2) is 7.06. The van der Waals surface area contributed by atoms with Crippen LogP contribution in [0.25, 0.3) is 0 Å². The normalized spacial score (nSPS) is 28.6. The van der Waals surface area contributed by atoms with Crippen LogP contribution in [-0.2, 0) is 9.53 Å². The summed E-state index contributed by atoms with van der Waals surface area (Å²) in [5, 5.41) is 0. The summed E-state index contributed by atoms with van der Waals surface area (Å²) >= 11 is 0. The molecule has 1 amide bonds. The zero-order chi connectivity index (χ0) is 18.3. The molecule has 4 aliphatic rings. The molecule has 27 heavy (non-hydrogen) atoms. The van der Waals surface area contributed by atoms with Gasteiger partial charge in [-0.15, -0.1) is 0 Å². The van der Waals surface area contributed by atoms with E-state index in [1.54, 1.807) is 0 Å². The Kier molecular flexibility index (Phi) is 4.56. The first kappa shape index (κ1) is 17.4. The van der Waals surface area contributed by atoms with Crippen LogP contribution >= 0.6 is 0 Å². The summed E-state index contributed by atoms with van der Waals surface area (Å²) in [5.74, 6) is 1.06. The second-order valence-electron chi connectivity index (χ2n) is 8.61. The molecular weight excluding hydrogens is 340 g/mol. The van der Waals surface area contributed by atoms with Gasteiger partial charge in [0.1, 0.15) is 5.82 Å². The number of hydrogen-bond acceptors (Lipinski definition) is 5. The lowest BCUT2D eigenvalue weighted by Crippen LogP contribution is -2.39. The van der Waals surface area contributed by atoms with Crippen LogP contribution in [0.15, 0.2) is 18.3 Å². The molecule has 1 aromatic rings. The molecule has 4 saturated heterocycles. The van der Waals surface area contributed by atoms with Gasteiger partial charge in [0.2, 0.25) is 5.91 Å². The van der Waals surface area contributed by atoms with E-state index in [1.165, 1.54) is 38.0 Å². The number of nitrogens with zero attached hydrogens (tertiary/aromatic N) is 4. The molecule has 0 bridgehead atoms. The summed E-state index contributed by atoms with van der Waals surface area (Å²) in [6.07, 6.45) is 8.55. The fourth-order valence-corrected chi connectivity index (χ4v) is 5.37. The van der Waals surface area contributed by atoms with Crippen LogP contribution in [0.4, 0.5) is 11.5 Å². The SMILES string of the molecule is O=C1N(c2ccc(N3CCC(N4CCCC4)C3)cn2)CCC12CCOCC2. The van der Waals surface area contributed by atoms with Crippen molar-refractivity contribution in [2.24, 2.45) is 5.41 Å². The van der Waals surface area contributed by atoms with E-state index in [1.807, 2.05) is 17.2 Å².